The zero-order valence-electron chi connectivity index (χ0n) is 14.2. The summed E-state index contributed by atoms with van der Waals surface area (Å²) in [4.78, 5) is 13.6. The highest BCUT2D eigenvalue weighted by atomic mass is 32.2. The Balaban J connectivity index is 1.54. The van der Waals surface area contributed by atoms with E-state index in [-0.39, 0.29) is 5.91 Å². The number of amides is 1. The van der Waals surface area contributed by atoms with Gasteiger partial charge in [-0.05, 0) is 30.2 Å². The number of hydrogen-bond acceptors (Lipinski definition) is 5. The van der Waals surface area contributed by atoms with Gasteiger partial charge in [-0.3, -0.25) is 4.79 Å². The van der Waals surface area contributed by atoms with Crippen LogP contribution >= 0.6 is 0 Å². The maximum Gasteiger partial charge on any atom is 0.243 e. The van der Waals surface area contributed by atoms with Gasteiger partial charge in [0.1, 0.15) is 0 Å². The molecule has 1 aromatic carbocycles. The Hall–Kier alpha value is -1.48. The first-order valence-electron chi connectivity index (χ1n) is 8.60. The molecular formula is C17H22N2O5S. The third-order valence-corrected chi connectivity index (χ3v) is 7.16. The van der Waals surface area contributed by atoms with Gasteiger partial charge in [0.05, 0.1) is 18.1 Å². The average Bonchev–Trinajstić information content (AvgIpc) is 3.21. The smallest absolute Gasteiger partial charge is 0.243 e. The Morgan fingerprint density at radius 3 is 2.44 bits per heavy atom. The number of fused-ring (bicyclic) bond motifs is 1. The van der Waals surface area contributed by atoms with Crippen molar-refractivity contribution < 1.29 is 22.7 Å². The minimum absolute atomic E-state index is 0.0211. The van der Waals surface area contributed by atoms with E-state index in [1.807, 2.05) is 0 Å². The van der Waals surface area contributed by atoms with Crippen molar-refractivity contribution >= 4 is 21.6 Å². The van der Waals surface area contributed by atoms with Crippen molar-refractivity contribution in [2.24, 2.45) is 0 Å². The number of rotatable bonds is 2. The molecule has 1 aromatic rings. The molecular weight excluding hydrogens is 344 g/mol. The number of carbonyl (C=O) groups is 1. The first kappa shape index (κ1) is 17.0. The summed E-state index contributed by atoms with van der Waals surface area (Å²) in [6.45, 7) is 4.05. The molecule has 1 amide bonds. The van der Waals surface area contributed by atoms with Crippen LogP contribution in [-0.4, -0.2) is 57.3 Å². The molecule has 0 radical (unpaired) electrons. The van der Waals surface area contributed by atoms with Gasteiger partial charge < -0.3 is 14.4 Å². The van der Waals surface area contributed by atoms with Gasteiger partial charge in [0.15, 0.2) is 5.79 Å². The summed E-state index contributed by atoms with van der Waals surface area (Å²) >= 11 is 0. The molecule has 0 atom stereocenters. The number of benzene rings is 1. The minimum Gasteiger partial charge on any atom is -0.347 e. The molecule has 0 unspecified atom stereocenters. The third-order valence-electron chi connectivity index (χ3n) is 5.26. The molecule has 0 aliphatic carbocycles. The number of carbonyl (C=O) groups excluding carboxylic acids is 1. The van der Waals surface area contributed by atoms with Crippen LogP contribution in [-0.2, 0) is 30.7 Å². The molecule has 8 heteroatoms. The molecule has 25 heavy (non-hydrogen) atoms. The lowest BCUT2D eigenvalue weighted by Crippen LogP contribution is -2.47. The number of sulfonamides is 1. The number of hydrogen-bond donors (Lipinski definition) is 0. The second kappa shape index (κ2) is 6.05. The van der Waals surface area contributed by atoms with E-state index in [1.54, 1.807) is 23.1 Å². The van der Waals surface area contributed by atoms with E-state index < -0.39 is 15.8 Å². The molecule has 0 saturated carbocycles. The molecule has 0 bridgehead atoms. The van der Waals surface area contributed by atoms with Crippen molar-refractivity contribution in [1.29, 1.82) is 0 Å². The number of anilines is 1. The van der Waals surface area contributed by atoms with E-state index in [2.05, 4.69) is 0 Å². The Labute approximate surface area is 147 Å². The van der Waals surface area contributed by atoms with Crippen molar-refractivity contribution in [3.63, 3.8) is 0 Å². The van der Waals surface area contributed by atoms with Crippen LogP contribution in [0.1, 0.15) is 25.3 Å². The lowest BCUT2D eigenvalue weighted by molar-refractivity contribution is -0.179. The summed E-state index contributed by atoms with van der Waals surface area (Å²) in [7, 11) is -3.55. The average molecular weight is 366 g/mol. The van der Waals surface area contributed by atoms with E-state index in [0.717, 1.165) is 11.3 Å². The zero-order chi connectivity index (χ0) is 17.7. The molecule has 3 heterocycles. The molecule has 4 rings (SSSR count). The third kappa shape index (κ3) is 2.87. The molecule has 1 spiro atoms. The van der Waals surface area contributed by atoms with Crippen LogP contribution in [0.4, 0.5) is 5.69 Å². The second-order valence-corrected chi connectivity index (χ2v) is 8.66. The summed E-state index contributed by atoms with van der Waals surface area (Å²) in [6.07, 6.45) is 1.79. The zero-order valence-corrected chi connectivity index (χ0v) is 15.0. The molecule has 0 aromatic heterocycles. The Kier molecular flexibility index (Phi) is 4.10. The van der Waals surface area contributed by atoms with Crippen molar-refractivity contribution in [1.82, 2.24) is 4.31 Å². The van der Waals surface area contributed by atoms with Gasteiger partial charge in [-0.2, -0.15) is 4.31 Å². The first-order valence-corrected chi connectivity index (χ1v) is 10.0. The molecule has 7 nitrogen and oxygen atoms in total. The fraction of sp³-hybridized carbons (Fsp3) is 0.588. The highest BCUT2D eigenvalue weighted by molar-refractivity contribution is 7.89. The summed E-state index contributed by atoms with van der Waals surface area (Å²) in [5.74, 6) is -0.612. The molecule has 3 aliphatic heterocycles. The molecule has 136 valence electrons. The van der Waals surface area contributed by atoms with Gasteiger partial charge >= 0.3 is 0 Å². The highest BCUT2D eigenvalue weighted by Gasteiger charge is 2.42. The topological polar surface area (TPSA) is 76.2 Å². The number of piperidine rings is 1. The minimum atomic E-state index is -3.55. The van der Waals surface area contributed by atoms with Gasteiger partial charge in [0, 0.05) is 45.1 Å². The second-order valence-electron chi connectivity index (χ2n) is 6.72. The predicted molar refractivity (Wildman–Crippen MR) is 90.8 cm³/mol. The van der Waals surface area contributed by atoms with Crippen molar-refractivity contribution in [2.75, 3.05) is 37.7 Å². The maximum absolute atomic E-state index is 13.0. The standard InChI is InChI=1S/C17H22N2O5S/c1-13(20)19-7-4-14-12-15(2-3-16(14)19)25(21,22)18-8-5-17(6-9-18)23-10-11-24-17/h2-3,12H,4-11H2,1H3. The molecule has 0 N–H and O–H groups in total. The molecule has 2 saturated heterocycles. The van der Waals surface area contributed by atoms with Crippen LogP contribution < -0.4 is 4.90 Å². The van der Waals surface area contributed by atoms with E-state index in [9.17, 15) is 13.2 Å². The van der Waals surface area contributed by atoms with Gasteiger partial charge in [-0.25, -0.2) is 8.42 Å². The van der Waals surface area contributed by atoms with Crippen molar-refractivity contribution in [3.05, 3.63) is 23.8 Å². The number of ether oxygens (including phenoxy) is 2. The lowest BCUT2D eigenvalue weighted by Gasteiger charge is -2.36. The monoisotopic (exact) mass is 366 g/mol. The fourth-order valence-electron chi connectivity index (χ4n) is 3.87. The summed E-state index contributed by atoms with van der Waals surface area (Å²) in [5, 5.41) is 0. The molecule has 3 aliphatic rings. The van der Waals surface area contributed by atoms with Crippen molar-refractivity contribution in [3.8, 4) is 0 Å². The lowest BCUT2D eigenvalue weighted by atomic mass is 10.1. The van der Waals surface area contributed by atoms with Gasteiger partial charge in [0.25, 0.3) is 0 Å². The highest BCUT2D eigenvalue weighted by Crippen LogP contribution is 2.35. The van der Waals surface area contributed by atoms with E-state index in [0.29, 0.717) is 57.0 Å². The maximum atomic E-state index is 13.0. The fourth-order valence-corrected chi connectivity index (χ4v) is 5.36. The van der Waals surface area contributed by atoms with Crippen molar-refractivity contribution in [2.45, 2.75) is 36.9 Å². The predicted octanol–water partition coefficient (Wildman–Crippen LogP) is 1.12. The summed E-state index contributed by atoms with van der Waals surface area (Å²) in [6, 6.07) is 5.05. The van der Waals surface area contributed by atoms with Crippen LogP contribution in [0.3, 0.4) is 0 Å². The van der Waals surface area contributed by atoms with Crippen LogP contribution in [0, 0.1) is 0 Å². The Bertz CT molecular complexity index is 791. The van der Waals surface area contributed by atoms with E-state index in [4.69, 9.17) is 9.47 Å². The first-order chi connectivity index (χ1) is 11.9. The largest absolute Gasteiger partial charge is 0.347 e. The normalized spacial score (nSPS) is 23.2. The summed E-state index contributed by atoms with van der Waals surface area (Å²) in [5.41, 5.74) is 1.73. The van der Waals surface area contributed by atoms with E-state index in [1.165, 1.54) is 11.2 Å². The SMILES string of the molecule is CC(=O)N1CCc2cc(S(=O)(=O)N3CCC4(CC3)OCCO4)ccc21. The Morgan fingerprint density at radius 1 is 1.12 bits per heavy atom. The number of nitrogens with zero attached hydrogens (tertiary/aromatic N) is 2. The summed E-state index contributed by atoms with van der Waals surface area (Å²) < 4.78 is 38.8. The van der Waals surface area contributed by atoms with Gasteiger partial charge in [0.2, 0.25) is 15.9 Å². The van der Waals surface area contributed by atoms with Gasteiger partial charge in [-0.15, -0.1) is 0 Å². The van der Waals surface area contributed by atoms with Crippen LogP contribution in [0.5, 0.6) is 0 Å². The Morgan fingerprint density at radius 2 is 1.80 bits per heavy atom. The van der Waals surface area contributed by atoms with Crippen LogP contribution in [0.2, 0.25) is 0 Å². The van der Waals surface area contributed by atoms with Crippen LogP contribution in [0.15, 0.2) is 23.1 Å². The quantitative estimate of drug-likeness (QED) is 0.784. The van der Waals surface area contributed by atoms with Crippen LogP contribution in [0.25, 0.3) is 0 Å². The van der Waals surface area contributed by atoms with Gasteiger partial charge in [-0.1, -0.05) is 0 Å². The van der Waals surface area contributed by atoms with E-state index >= 15 is 0 Å². The molecule has 2 fully saturated rings.